The summed E-state index contributed by atoms with van der Waals surface area (Å²) in [6, 6.07) is 7.01. The van der Waals surface area contributed by atoms with Crippen LogP contribution in [0.5, 0.6) is 0 Å². The molecule has 1 unspecified atom stereocenters. The van der Waals surface area contributed by atoms with Crippen molar-refractivity contribution in [2.75, 3.05) is 37.6 Å². The van der Waals surface area contributed by atoms with Crippen molar-refractivity contribution in [3.05, 3.63) is 28.8 Å². The largest absolute Gasteiger partial charge is 0.368 e. The monoisotopic (exact) mass is 307 g/mol. The van der Waals surface area contributed by atoms with Crippen LogP contribution in [-0.4, -0.2) is 43.7 Å². The third-order valence-corrected chi connectivity index (χ3v) is 5.08. The van der Waals surface area contributed by atoms with E-state index in [4.69, 9.17) is 11.6 Å². The van der Waals surface area contributed by atoms with E-state index in [2.05, 4.69) is 34.2 Å². The van der Waals surface area contributed by atoms with Gasteiger partial charge in [0.25, 0.3) is 0 Å². The molecule has 2 aliphatic rings. The maximum absolute atomic E-state index is 6.51. The van der Waals surface area contributed by atoms with Gasteiger partial charge in [0.15, 0.2) is 0 Å². The molecule has 0 aliphatic carbocycles. The zero-order chi connectivity index (χ0) is 14.7. The Hall–Kier alpha value is -0.770. The molecule has 0 amide bonds. The maximum Gasteiger partial charge on any atom is 0.0642 e. The summed E-state index contributed by atoms with van der Waals surface area (Å²) in [5, 5.41) is 4.32. The normalized spacial score (nSPS) is 23.1. The van der Waals surface area contributed by atoms with E-state index in [1.165, 1.54) is 43.6 Å². The predicted octanol–water partition coefficient (Wildman–Crippen LogP) is 3.12. The summed E-state index contributed by atoms with van der Waals surface area (Å²) in [4.78, 5) is 5.17. The third-order valence-electron chi connectivity index (χ3n) is 4.77. The van der Waals surface area contributed by atoms with Crippen molar-refractivity contribution in [2.45, 2.75) is 38.8 Å². The van der Waals surface area contributed by atoms with Crippen molar-refractivity contribution in [1.29, 1.82) is 0 Å². The van der Waals surface area contributed by atoms with E-state index in [0.717, 1.165) is 37.2 Å². The number of nitrogens with zero attached hydrogens (tertiary/aromatic N) is 2. The van der Waals surface area contributed by atoms with Gasteiger partial charge in [-0.25, -0.2) is 0 Å². The molecule has 2 fully saturated rings. The number of hydrogen-bond acceptors (Lipinski definition) is 3. The summed E-state index contributed by atoms with van der Waals surface area (Å²) in [6.07, 6.45) is 4.01. The lowest BCUT2D eigenvalue weighted by molar-refractivity contribution is 0.260. The van der Waals surface area contributed by atoms with Gasteiger partial charge in [-0.05, 0) is 50.5 Å². The number of benzene rings is 1. The Balaban J connectivity index is 1.74. The number of hydrogen-bond donors (Lipinski definition) is 1. The van der Waals surface area contributed by atoms with Crippen molar-refractivity contribution in [3.63, 3.8) is 0 Å². The molecule has 0 saturated carbocycles. The number of rotatable bonds is 5. The first kappa shape index (κ1) is 15.1. The zero-order valence-corrected chi connectivity index (χ0v) is 13.7. The van der Waals surface area contributed by atoms with Gasteiger partial charge in [-0.1, -0.05) is 30.7 Å². The Morgan fingerprint density at radius 3 is 2.81 bits per heavy atom. The van der Waals surface area contributed by atoms with Crippen LogP contribution in [-0.2, 0) is 6.54 Å². The fraction of sp³-hybridized carbons (Fsp3) is 0.647. The average Bonchev–Trinajstić information content (AvgIpc) is 3.15. The fourth-order valence-corrected chi connectivity index (χ4v) is 3.98. The summed E-state index contributed by atoms with van der Waals surface area (Å²) in [6.45, 7) is 8.85. The third kappa shape index (κ3) is 3.36. The van der Waals surface area contributed by atoms with E-state index in [1.807, 2.05) is 6.07 Å². The molecule has 2 saturated heterocycles. The van der Waals surface area contributed by atoms with Crippen LogP contribution in [0.15, 0.2) is 18.2 Å². The standard InChI is InChI=1S/C17H26ClN3/c1-2-19-12-14-6-5-7-16(18)17(14)21-11-8-15(13-21)20-9-3-4-10-20/h5-7,15,19H,2-4,8-13H2,1H3. The highest BCUT2D eigenvalue weighted by Crippen LogP contribution is 2.34. The minimum atomic E-state index is 0.718. The highest BCUT2D eigenvalue weighted by molar-refractivity contribution is 6.33. The van der Waals surface area contributed by atoms with Gasteiger partial charge < -0.3 is 10.2 Å². The molecular weight excluding hydrogens is 282 g/mol. The molecule has 0 bridgehead atoms. The second-order valence-electron chi connectivity index (χ2n) is 6.16. The Kier molecular flexibility index (Phi) is 5.04. The van der Waals surface area contributed by atoms with Crippen LogP contribution in [0.25, 0.3) is 0 Å². The van der Waals surface area contributed by atoms with E-state index < -0.39 is 0 Å². The van der Waals surface area contributed by atoms with Crippen molar-refractivity contribution in [3.8, 4) is 0 Å². The molecular formula is C17H26ClN3. The van der Waals surface area contributed by atoms with Crippen LogP contribution in [0.3, 0.4) is 0 Å². The van der Waals surface area contributed by atoms with E-state index in [-0.39, 0.29) is 0 Å². The Labute approximate surface area is 133 Å². The molecule has 3 nitrogen and oxygen atoms in total. The summed E-state index contributed by atoms with van der Waals surface area (Å²) in [7, 11) is 0. The number of nitrogens with one attached hydrogen (secondary N) is 1. The van der Waals surface area contributed by atoms with Gasteiger partial charge in [0.05, 0.1) is 10.7 Å². The molecule has 1 N–H and O–H groups in total. The predicted molar refractivity (Wildman–Crippen MR) is 90.3 cm³/mol. The van der Waals surface area contributed by atoms with Gasteiger partial charge in [0, 0.05) is 25.7 Å². The van der Waals surface area contributed by atoms with Crippen LogP contribution in [0.2, 0.25) is 5.02 Å². The quantitative estimate of drug-likeness (QED) is 0.901. The molecule has 0 radical (unpaired) electrons. The molecule has 2 aliphatic heterocycles. The zero-order valence-electron chi connectivity index (χ0n) is 12.9. The number of likely N-dealkylation sites (tertiary alicyclic amines) is 1. The lowest BCUT2D eigenvalue weighted by Gasteiger charge is -2.26. The summed E-state index contributed by atoms with van der Waals surface area (Å²) in [5.41, 5.74) is 2.58. The molecule has 21 heavy (non-hydrogen) atoms. The number of para-hydroxylation sites is 1. The molecule has 0 spiro atoms. The first-order valence-corrected chi connectivity index (χ1v) is 8.64. The SMILES string of the molecule is CCNCc1cccc(Cl)c1N1CCC(N2CCCC2)C1. The molecule has 0 aromatic heterocycles. The minimum absolute atomic E-state index is 0.718. The van der Waals surface area contributed by atoms with Crippen molar-refractivity contribution in [2.24, 2.45) is 0 Å². The first-order chi connectivity index (χ1) is 10.3. The molecule has 2 heterocycles. The lowest BCUT2D eigenvalue weighted by Crippen LogP contribution is -2.35. The smallest absolute Gasteiger partial charge is 0.0642 e. The second-order valence-corrected chi connectivity index (χ2v) is 6.57. The van der Waals surface area contributed by atoms with Gasteiger partial charge in [0.1, 0.15) is 0 Å². The molecule has 3 rings (SSSR count). The van der Waals surface area contributed by atoms with Crippen molar-refractivity contribution >= 4 is 17.3 Å². The van der Waals surface area contributed by atoms with Gasteiger partial charge in [-0.2, -0.15) is 0 Å². The summed E-state index contributed by atoms with van der Waals surface area (Å²) >= 11 is 6.51. The minimum Gasteiger partial charge on any atom is -0.368 e. The second kappa shape index (κ2) is 6.99. The molecule has 1 aromatic carbocycles. The lowest BCUT2D eigenvalue weighted by atomic mass is 10.1. The molecule has 116 valence electrons. The average molecular weight is 308 g/mol. The number of halogens is 1. The van der Waals surface area contributed by atoms with Crippen molar-refractivity contribution in [1.82, 2.24) is 10.2 Å². The van der Waals surface area contributed by atoms with Crippen LogP contribution >= 0.6 is 11.6 Å². The first-order valence-electron chi connectivity index (χ1n) is 8.26. The van der Waals surface area contributed by atoms with Gasteiger partial charge in [0.2, 0.25) is 0 Å². The summed E-state index contributed by atoms with van der Waals surface area (Å²) in [5.74, 6) is 0. The van der Waals surface area contributed by atoms with E-state index >= 15 is 0 Å². The van der Waals surface area contributed by atoms with Crippen LogP contribution in [0.4, 0.5) is 5.69 Å². The number of anilines is 1. The fourth-order valence-electron chi connectivity index (χ4n) is 3.67. The van der Waals surface area contributed by atoms with Gasteiger partial charge >= 0.3 is 0 Å². The van der Waals surface area contributed by atoms with Gasteiger partial charge in [-0.3, -0.25) is 4.90 Å². The van der Waals surface area contributed by atoms with E-state index in [9.17, 15) is 0 Å². The van der Waals surface area contributed by atoms with Crippen LogP contribution in [0, 0.1) is 0 Å². The van der Waals surface area contributed by atoms with Crippen LogP contribution < -0.4 is 10.2 Å². The van der Waals surface area contributed by atoms with E-state index in [1.54, 1.807) is 0 Å². The van der Waals surface area contributed by atoms with E-state index in [0.29, 0.717) is 0 Å². The highest BCUT2D eigenvalue weighted by Gasteiger charge is 2.30. The van der Waals surface area contributed by atoms with Crippen molar-refractivity contribution < 1.29 is 0 Å². The molecule has 1 atom stereocenters. The Morgan fingerprint density at radius 2 is 2.05 bits per heavy atom. The molecule has 4 heteroatoms. The van der Waals surface area contributed by atoms with Gasteiger partial charge in [-0.15, -0.1) is 0 Å². The Morgan fingerprint density at radius 1 is 1.24 bits per heavy atom. The molecule has 1 aromatic rings. The summed E-state index contributed by atoms with van der Waals surface area (Å²) < 4.78 is 0. The highest BCUT2D eigenvalue weighted by atomic mass is 35.5. The van der Waals surface area contributed by atoms with Crippen LogP contribution in [0.1, 0.15) is 31.7 Å². The maximum atomic E-state index is 6.51. The Bertz CT molecular complexity index is 471. The topological polar surface area (TPSA) is 18.5 Å².